The highest BCUT2D eigenvalue weighted by Gasteiger charge is 2.07. The fourth-order valence-electron chi connectivity index (χ4n) is 1.56. The molecule has 0 radical (unpaired) electrons. The molecular formula is C14H20O2. The highest BCUT2D eigenvalue weighted by atomic mass is 16.5. The largest absolute Gasteiger partial charge is 0.427 e. The van der Waals surface area contributed by atoms with E-state index in [0.717, 1.165) is 12.0 Å². The Balaban J connectivity index is 2.84. The van der Waals surface area contributed by atoms with Gasteiger partial charge in [0, 0.05) is 6.42 Å². The molecule has 2 nitrogen and oxygen atoms in total. The number of carbonyl (C=O) groups excluding carboxylic acids is 1. The Kier molecular flexibility index (Phi) is 4.53. The van der Waals surface area contributed by atoms with Crippen molar-refractivity contribution in [2.45, 2.75) is 46.5 Å². The van der Waals surface area contributed by atoms with E-state index in [-0.39, 0.29) is 5.97 Å². The molecule has 0 amide bonds. The highest BCUT2D eigenvalue weighted by molar-refractivity contribution is 5.72. The molecule has 0 aliphatic rings. The lowest BCUT2D eigenvalue weighted by molar-refractivity contribution is -0.134. The van der Waals surface area contributed by atoms with Crippen LogP contribution < -0.4 is 4.74 Å². The zero-order valence-electron chi connectivity index (χ0n) is 10.5. The van der Waals surface area contributed by atoms with Crippen molar-refractivity contribution < 1.29 is 9.53 Å². The van der Waals surface area contributed by atoms with Crippen LogP contribution in [0.5, 0.6) is 5.75 Å². The summed E-state index contributed by atoms with van der Waals surface area (Å²) in [5.41, 5.74) is 2.34. The van der Waals surface area contributed by atoms with Gasteiger partial charge in [-0.05, 0) is 42.5 Å². The van der Waals surface area contributed by atoms with Crippen molar-refractivity contribution in [3.05, 3.63) is 29.3 Å². The summed E-state index contributed by atoms with van der Waals surface area (Å²) in [4.78, 5) is 11.4. The van der Waals surface area contributed by atoms with Crippen LogP contribution in [-0.4, -0.2) is 5.97 Å². The second kappa shape index (κ2) is 5.69. The Hall–Kier alpha value is -1.31. The Labute approximate surface area is 97.6 Å². The van der Waals surface area contributed by atoms with Gasteiger partial charge in [-0.1, -0.05) is 26.8 Å². The van der Waals surface area contributed by atoms with E-state index in [0.29, 0.717) is 18.1 Å². The predicted molar refractivity (Wildman–Crippen MR) is 65.8 cm³/mol. The molecule has 0 aromatic heterocycles. The monoisotopic (exact) mass is 220 g/mol. The summed E-state index contributed by atoms with van der Waals surface area (Å²) in [7, 11) is 0. The lowest BCUT2D eigenvalue weighted by Gasteiger charge is -2.10. The van der Waals surface area contributed by atoms with Gasteiger partial charge < -0.3 is 4.74 Å². The molecule has 1 aromatic rings. The van der Waals surface area contributed by atoms with Gasteiger partial charge in [0.1, 0.15) is 5.75 Å². The van der Waals surface area contributed by atoms with Gasteiger partial charge in [0.2, 0.25) is 0 Å². The first-order valence-electron chi connectivity index (χ1n) is 5.85. The number of ether oxygens (including phenoxy) is 1. The summed E-state index contributed by atoms with van der Waals surface area (Å²) < 4.78 is 5.29. The lowest BCUT2D eigenvalue weighted by atomic mass is 10.0. The van der Waals surface area contributed by atoms with E-state index in [2.05, 4.69) is 19.9 Å². The summed E-state index contributed by atoms with van der Waals surface area (Å²) in [6, 6.07) is 5.98. The van der Waals surface area contributed by atoms with Crippen molar-refractivity contribution in [1.29, 1.82) is 0 Å². The third-order valence-electron chi connectivity index (χ3n) is 2.43. The minimum absolute atomic E-state index is 0.150. The van der Waals surface area contributed by atoms with Crippen LogP contribution in [0.15, 0.2) is 18.2 Å². The Morgan fingerprint density at radius 2 is 2.00 bits per heavy atom. The Bertz CT molecular complexity index is 367. The molecule has 16 heavy (non-hydrogen) atoms. The number of esters is 1. The van der Waals surface area contributed by atoms with Gasteiger partial charge in [0.15, 0.2) is 0 Å². The molecule has 0 saturated heterocycles. The van der Waals surface area contributed by atoms with Crippen molar-refractivity contribution in [3.8, 4) is 5.75 Å². The SMILES string of the molecule is CCCC(=O)Oc1cc(C)cc(C(C)C)c1. The van der Waals surface area contributed by atoms with Crippen molar-refractivity contribution in [1.82, 2.24) is 0 Å². The van der Waals surface area contributed by atoms with Gasteiger partial charge >= 0.3 is 5.97 Å². The van der Waals surface area contributed by atoms with Crippen LogP contribution in [0.1, 0.15) is 50.7 Å². The number of hydrogen-bond donors (Lipinski definition) is 0. The highest BCUT2D eigenvalue weighted by Crippen LogP contribution is 2.23. The van der Waals surface area contributed by atoms with Gasteiger partial charge in [0.05, 0.1) is 0 Å². The van der Waals surface area contributed by atoms with E-state index >= 15 is 0 Å². The molecule has 0 aliphatic carbocycles. The Morgan fingerprint density at radius 3 is 2.56 bits per heavy atom. The van der Waals surface area contributed by atoms with Gasteiger partial charge in [-0.2, -0.15) is 0 Å². The normalized spacial score (nSPS) is 10.6. The first kappa shape index (κ1) is 12.8. The van der Waals surface area contributed by atoms with Crippen molar-refractivity contribution >= 4 is 5.97 Å². The van der Waals surface area contributed by atoms with Crippen LogP contribution in [0.2, 0.25) is 0 Å². The summed E-state index contributed by atoms with van der Waals surface area (Å²) in [6.45, 7) is 8.25. The molecule has 0 fully saturated rings. The molecule has 0 N–H and O–H groups in total. The van der Waals surface area contributed by atoms with Crippen molar-refractivity contribution in [2.75, 3.05) is 0 Å². The summed E-state index contributed by atoms with van der Waals surface area (Å²) >= 11 is 0. The van der Waals surface area contributed by atoms with Crippen molar-refractivity contribution in [2.24, 2.45) is 0 Å². The van der Waals surface area contributed by atoms with Crippen LogP contribution in [0.3, 0.4) is 0 Å². The molecular weight excluding hydrogens is 200 g/mol. The summed E-state index contributed by atoms with van der Waals surface area (Å²) in [5, 5.41) is 0. The molecule has 88 valence electrons. The lowest BCUT2D eigenvalue weighted by Crippen LogP contribution is -2.07. The van der Waals surface area contributed by atoms with Gasteiger partial charge in [-0.3, -0.25) is 4.79 Å². The number of aryl methyl sites for hydroxylation is 1. The van der Waals surface area contributed by atoms with Crippen LogP contribution in [-0.2, 0) is 4.79 Å². The molecule has 1 rings (SSSR count). The second-order valence-corrected chi connectivity index (χ2v) is 4.46. The quantitative estimate of drug-likeness (QED) is 0.569. The number of carbonyl (C=O) groups is 1. The third-order valence-corrected chi connectivity index (χ3v) is 2.43. The van der Waals surface area contributed by atoms with E-state index in [4.69, 9.17) is 4.74 Å². The fraction of sp³-hybridized carbons (Fsp3) is 0.500. The molecule has 0 heterocycles. The standard InChI is InChI=1S/C14H20O2/c1-5-6-14(15)16-13-8-11(4)7-12(9-13)10(2)3/h7-10H,5-6H2,1-4H3. The molecule has 0 atom stereocenters. The number of rotatable bonds is 4. The minimum atomic E-state index is -0.150. The molecule has 0 bridgehead atoms. The smallest absolute Gasteiger partial charge is 0.311 e. The zero-order chi connectivity index (χ0) is 12.1. The predicted octanol–water partition coefficient (Wildman–Crippen LogP) is 3.82. The van der Waals surface area contributed by atoms with E-state index in [1.807, 2.05) is 26.0 Å². The van der Waals surface area contributed by atoms with Gasteiger partial charge in [-0.15, -0.1) is 0 Å². The van der Waals surface area contributed by atoms with Gasteiger partial charge in [-0.25, -0.2) is 0 Å². The average molecular weight is 220 g/mol. The first-order valence-corrected chi connectivity index (χ1v) is 5.85. The van der Waals surface area contributed by atoms with Crippen LogP contribution in [0, 0.1) is 6.92 Å². The van der Waals surface area contributed by atoms with Gasteiger partial charge in [0.25, 0.3) is 0 Å². The summed E-state index contributed by atoms with van der Waals surface area (Å²) in [6.07, 6.45) is 1.30. The molecule has 0 saturated carbocycles. The number of hydrogen-bond acceptors (Lipinski definition) is 2. The molecule has 0 unspecified atom stereocenters. The average Bonchev–Trinajstić information content (AvgIpc) is 2.16. The molecule has 2 heteroatoms. The topological polar surface area (TPSA) is 26.3 Å². The maximum absolute atomic E-state index is 11.4. The fourth-order valence-corrected chi connectivity index (χ4v) is 1.56. The summed E-state index contributed by atoms with van der Waals surface area (Å²) in [5.74, 6) is 0.966. The molecule has 0 aliphatic heterocycles. The van der Waals surface area contributed by atoms with E-state index in [1.165, 1.54) is 5.56 Å². The van der Waals surface area contributed by atoms with Crippen LogP contribution in [0.4, 0.5) is 0 Å². The van der Waals surface area contributed by atoms with E-state index in [1.54, 1.807) is 0 Å². The zero-order valence-corrected chi connectivity index (χ0v) is 10.5. The van der Waals surface area contributed by atoms with E-state index in [9.17, 15) is 4.79 Å². The van der Waals surface area contributed by atoms with Crippen LogP contribution in [0.25, 0.3) is 0 Å². The minimum Gasteiger partial charge on any atom is -0.427 e. The molecule has 0 spiro atoms. The van der Waals surface area contributed by atoms with E-state index < -0.39 is 0 Å². The van der Waals surface area contributed by atoms with Crippen LogP contribution >= 0.6 is 0 Å². The first-order chi connectivity index (χ1) is 7.52. The maximum atomic E-state index is 11.4. The maximum Gasteiger partial charge on any atom is 0.311 e. The van der Waals surface area contributed by atoms with Crippen molar-refractivity contribution in [3.63, 3.8) is 0 Å². The molecule has 1 aromatic carbocycles. The Morgan fingerprint density at radius 1 is 1.31 bits per heavy atom. The second-order valence-electron chi connectivity index (χ2n) is 4.46. The third kappa shape index (κ3) is 3.69. The number of benzene rings is 1.